The van der Waals surface area contributed by atoms with Crippen LogP contribution in [0.5, 0.6) is 11.5 Å². The fourth-order valence-corrected chi connectivity index (χ4v) is 3.70. The van der Waals surface area contributed by atoms with Gasteiger partial charge in [-0.05, 0) is 61.2 Å². The highest BCUT2D eigenvalue weighted by molar-refractivity contribution is 5.41. The van der Waals surface area contributed by atoms with E-state index in [1.54, 1.807) is 7.11 Å². The first-order valence-electron chi connectivity index (χ1n) is 9.89. The van der Waals surface area contributed by atoms with E-state index in [9.17, 15) is 0 Å². The first-order valence-corrected chi connectivity index (χ1v) is 9.89. The van der Waals surface area contributed by atoms with Crippen molar-refractivity contribution in [2.45, 2.75) is 33.9 Å². The van der Waals surface area contributed by atoms with Crippen LogP contribution >= 0.6 is 0 Å². The molecule has 0 radical (unpaired) electrons. The summed E-state index contributed by atoms with van der Waals surface area (Å²) in [7, 11) is 1.74. The van der Waals surface area contributed by atoms with Gasteiger partial charge in [-0.2, -0.15) is 0 Å². The van der Waals surface area contributed by atoms with Crippen molar-refractivity contribution in [3.05, 3.63) is 58.7 Å². The van der Waals surface area contributed by atoms with Gasteiger partial charge in [-0.25, -0.2) is 0 Å². The number of benzene rings is 2. The number of piperazine rings is 1. The minimum absolute atomic E-state index is 0.717. The molecule has 4 heteroatoms. The maximum Gasteiger partial charge on any atom is 0.122 e. The molecule has 0 amide bonds. The Kier molecular flexibility index (Phi) is 6.75. The van der Waals surface area contributed by atoms with Gasteiger partial charge in [0, 0.05) is 39.3 Å². The van der Waals surface area contributed by atoms with Crippen molar-refractivity contribution in [2.24, 2.45) is 0 Å². The van der Waals surface area contributed by atoms with E-state index in [-0.39, 0.29) is 0 Å². The second-order valence-corrected chi connectivity index (χ2v) is 7.38. The Balaban J connectivity index is 1.51. The molecule has 2 aromatic rings. The van der Waals surface area contributed by atoms with Gasteiger partial charge < -0.3 is 9.47 Å². The van der Waals surface area contributed by atoms with Crippen LogP contribution in [0.15, 0.2) is 36.4 Å². The smallest absolute Gasteiger partial charge is 0.122 e. The van der Waals surface area contributed by atoms with Crippen LogP contribution in [-0.4, -0.2) is 49.7 Å². The van der Waals surface area contributed by atoms with Crippen molar-refractivity contribution in [3.63, 3.8) is 0 Å². The summed E-state index contributed by atoms with van der Waals surface area (Å²) < 4.78 is 11.0. The van der Waals surface area contributed by atoms with E-state index in [1.807, 2.05) is 6.92 Å². The number of ether oxygens (including phenoxy) is 2. The van der Waals surface area contributed by atoms with E-state index in [4.69, 9.17) is 9.47 Å². The number of methoxy groups -OCH3 is 1. The summed E-state index contributed by atoms with van der Waals surface area (Å²) in [4.78, 5) is 5.10. The van der Waals surface area contributed by atoms with Gasteiger partial charge in [0.15, 0.2) is 0 Å². The fraction of sp³-hybridized carbons (Fsp3) is 0.478. The Morgan fingerprint density at radius 2 is 1.48 bits per heavy atom. The Labute approximate surface area is 163 Å². The standard InChI is InChI=1S/C23H32N2O2/c1-5-27-22-8-6-20(7-9-22)16-24-10-12-25(13-11-24)17-21-14-19(3)23(26-4)15-18(21)2/h6-9,14-15H,5,10-13,16-17H2,1-4H3. The van der Waals surface area contributed by atoms with Gasteiger partial charge in [0.05, 0.1) is 13.7 Å². The molecule has 0 atom stereocenters. The van der Waals surface area contributed by atoms with Crippen molar-refractivity contribution < 1.29 is 9.47 Å². The summed E-state index contributed by atoms with van der Waals surface area (Å²) in [5.41, 5.74) is 5.29. The zero-order valence-electron chi connectivity index (χ0n) is 17.1. The second-order valence-electron chi connectivity index (χ2n) is 7.38. The molecule has 0 spiro atoms. The Bertz CT molecular complexity index is 735. The van der Waals surface area contributed by atoms with Crippen molar-refractivity contribution >= 4 is 0 Å². The average Bonchev–Trinajstić information content (AvgIpc) is 2.67. The van der Waals surface area contributed by atoms with Gasteiger partial charge in [0.2, 0.25) is 0 Å². The molecule has 1 saturated heterocycles. The summed E-state index contributed by atoms with van der Waals surface area (Å²) in [5.74, 6) is 1.94. The molecule has 0 aromatic heterocycles. The topological polar surface area (TPSA) is 24.9 Å². The number of aryl methyl sites for hydroxylation is 2. The molecule has 0 aliphatic carbocycles. The van der Waals surface area contributed by atoms with Crippen LogP contribution in [0.2, 0.25) is 0 Å². The van der Waals surface area contributed by atoms with Crippen LogP contribution < -0.4 is 9.47 Å². The molecule has 1 aliphatic heterocycles. The molecule has 0 N–H and O–H groups in total. The zero-order chi connectivity index (χ0) is 19.2. The molecule has 4 nitrogen and oxygen atoms in total. The first-order chi connectivity index (χ1) is 13.1. The number of nitrogens with zero attached hydrogens (tertiary/aromatic N) is 2. The predicted molar refractivity (Wildman–Crippen MR) is 111 cm³/mol. The number of hydrogen-bond acceptors (Lipinski definition) is 4. The highest BCUT2D eigenvalue weighted by Crippen LogP contribution is 2.24. The summed E-state index contributed by atoms with van der Waals surface area (Å²) in [5, 5.41) is 0. The van der Waals surface area contributed by atoms with E-state index in [1.165, 1.54) is 22.3 Å². The molecular formula is C23H32N2O2. The Morgan fingerprint density at radius 1 is 0.852 bits per heavy atom. The minimum atomic E-state index is 0.717. The summed E-state index contributed by atoms with van der Waals surface area (Å²) in [6.07, 6.45) is 0. The average molecular weight is 369 g/mol. The molecule has 1 fully saturated rings. The largest absolute Gasteiger partial charge is 0.496 e. The quantitative estimate of drug-likeness (QED) is 0.737. The maximum atomic E-state index is 5.53. The lowest BCUT2D eigenvalue weighted by molar-refractivity contribution is 0.122. The molecular weight excluding hydrogens is 336 g/mol. The van der Waals surface area contributed by atoms with Gasteiger partial charge in [0.25, 0.3) is 0 Å². The zero-order valence-corrected chi connectivity index (χ0v) is 17.1. The van der Waals surface area contributed by atoms with Gasteiger partial charge in [-0.1, -0.05) is 18.2 Å². The lowest BCUT2D eigenvalue weighted by atomic mass is 10.0. The van der Waals surface area contributed by atoms with E-state index in [0.717, 1.165) is 50.8 Å². The van der Waals surface area contributed by atoms with Crippen LogP contribution in [0.25, 0.3) is 0 Å². The van der Waals surface area contributed by atoms with E-state index in [2.05, 4.69) is 60.0 Å². The van der Waals surface area contributed by atoms with Gasteiger partial charge in [-0.3, -0.25) is 9.80 Å². The first kappa shape index (κ1) is 19.7. The SMILES string of the molecule is CCOc1ccc(CN2CCN(Cc3cc(C)c(OC)cc3C)CC2)cc1. The van der Waals surface area contributed by atoms with Crippen LogP contribution in [-0.2, 0) is 13.1 Å². The molecule has 0 saturated carbocycles. The number of rotatable bonds is 7. The number of hydrogen-bond donors (Lipinski definition) is 0. The predicted octanol–water partition coefficient (Wildman–Crippen LogP) is 4.03. The summed E-state index contributed by atoms with van der Waals surface area (Å²) in [6.45, 7) is 13.5. The summed E-state index contributed by atoms with van der Waals surface area (Å²) >= 11 is 0. The molecule has 146 valence electrons. The van der Waals surface area contributed by atoms with Crippen LogP contribution in [0, 0.1) is 13.8 Å². The van der Waals surface area contributed by atoms with E-state index < -0.39 is 0 Å². The highest BCUT2D eigenvalue weighted by Gasteiger charge is 2.18. The van der Waals surface area contributed by atoms with Crippen molar-refractivity contribution in [1.82, 2.24) is 9.80 Å². The van der Waals surface area contributed by atoms with Gasteiger partial charge in [-0.15, -0.1) is 0 Å². The molecule has 27 heavy (non-hydrogen) atoms. The van der Waals surface area contributed by atoms with E-state index in [0.29, 0.717) is 6.61 Å². The van der Waals surface area contributed by atoms with Crippen molar-refractivity contribution in [1.29, 1.82) is 0 Å². The fourth-order valence-electron chi connectivity index (χ4n) is 3.70. The van der Waals surface area contributed by atoms with Gasteiger partial charge in [0.1, 0.15) is 11.5 Å². The van der Waals surface area contributed by atoms with Crippen molar-refractivity contribution in [2.75, 3.05) is 39.9 Å². The van der Waals surface area contributed by atoms with Crippen molar-refractivity contribution in [3.8, 4) is 11.5 Å². The maximum absolute atomic E-state index is 5.53. The minimum Gasteiger partial charge on any atom is -0.496 e. The third-order valence-corrected chi connectivity index (χ3v) is 5.35. The molecule has 3 rings (SSSR count). The highest BCUT2D eigenvalue weighted by atomic mass is 16.5. The second kappa shape index (κ2) is 9.25. The Morgan fingerprint density at radius 3 is 2.07 bits per heavy atom. The Hall–Kier alpha value is -2.04. The molecule has 2 aromatic carbocycles. The molecule has 0 unspecified atom stereocenters. The lowest BCUT2D eigenvalue weighted by Crippen LogP contribution is -2.45. The molecule has 0 bridgehead atoms. The molecule has 1 aliphatic rings. The molecule has 1 heterocycles. The third kappa shape index (κ3) is 5.24. The lowest BCUT2D eigenvalue weighted by Gasteiger charge is -2.35. The van der Waals surface area contributed by atoms with Crippen LogP contribution in [0.4, 0.5) is 0 Å². The third-order valence-electron chi connectivity index (χ3n) is 5.35. The monoisotopic (exact) mass is 368 g/mol. The van der Waals surface area contributed by atoms with E-state index >= 15 is 0 Å². The summed E-state index contributed by atoms with van der Waals surface area (Å²) in [6, 6.07) is 12.9. The normalized spacial score (nSPS) is 15.7. The van der Waals surface area contributed by atoms with Gasteiger partial charge >= 0.3 is 0 Å². The van der Waals surface area contributed by atoms with Crippen LogP contribution in [0.1, 0.15) is 29.2 Å². The van der Waals surface area contributed by atoms with Crippen LogP contribution in [0.3, 0.4) is 0 Å².